The summed E-state index contributed by atoms with van der Waals surface area (Å²) < 4.78 is 8.10. The molecule has 0 atom stereocenters. The summed E-state index contributed by atoms with van der Waals surface area (Å²) in [5.41, 5.74) is 1.86. The lowest BCUT2D eigenvalue weighted by atomic mass is 10.4. The SMILES string of the molecule is CCn1c(C(=O)NCCOC)cc2sccc21. The molecule has 2 aromatic rings. The number of carbonyl (C=O) groups is 1. The number of ether oxygens (including phenoxy) is 1. The number of aryl methyl sites for hydroxylation is 1. The van der Waals surface area contributed by atoms with Gasteiger partial charge in [-0.15, -0.1) is 11.3 Å². The highest BCUT2D eigenvalue weighted by atomic mass is 32.1. The Bertz CT molecular complexity index is 516. The molecule has 0 spiro atoms. The molecule has 92 valence electrons. The van der Waals surface area contributed by atoms with E-state index in [2.05, 4.69) is 11.4 Å². The lowest BCUT2D eigenvalue weighted by Gasteiger charge is -2.07. The van der Waals surface area contributed by atoms with E-state index < -0.39 is 0 Å². The van der Waals surface area contributed by atoms with E-state index in [1.807, 2.05) is 22.9 Å². The van der Waals surface area contributed by atoms with Crippen molar-refractivity contribution < 1.29 is 9.53 Å². The second-order valence-corrected chi connectivity index (χ2v) is 4.64. The Hall–Kier alpha value is -1.33. The number of nitrogens with one attached hydrogen (secondary N) is 1. The van der Waals surface area contributed by atoms with Gasteiger partial charge in [0.15, 0.2) is 0 Å². The Morgan fingerprint density at radius 1 is 1.59 bits per heavy atom. The first-order valence-electron chi connectivity index (χ1n) is 5.61. The second-order valence-electron chi connectivity index (χ2n) is 3.69. The molecule has 17 heavy (non-hydrogen) atoms. The molecule has 2 aromatic heterocycles. The third-order valence-corrected chi connectivity index (χ3v) is 3.52. The summed E-state index contributed by atoms with van der Waals surface area (Å²) in [6, 6.07) is 4.00. The first-order valence-corrected chi connectivity index (χ1v) is 6.49. The molecule has 0 aromatic carbocycles. The second kappa shape index (κ2) is 5.33. The van der Waals surface area contributed by atoms with Crippen molar-refractivity contribution in [1.82, 2.24) is 9.88 Å². The van der Waals surface area contributed by atoms with E-state index in [1.165, 1.54) is 0 Å². The fraction of sp³-hybridized carbons (Fsp3) is 0.417. The van der Waals surface area contributed by atoms with Gasteiger partial charge in [0, 0.05) is 20.2 Å². The Kier molecular flexibility index (Phi) is 3.81. The number of thiophene rings is 1. The number of nitrogens with zero attached hydrogens (tertiary/aromatic N) is 1. The molecule has 0 saturated heterocycles. The van der Waals surface area contributed by atoms with Crippen molar-refractivity contribution in [3.05, 3.63) is 23.2 Å². The van der Waals surface area contributed by atoms with Gasteiger partial charge in [0.25, 0.3) is 5.91 Å². The minimum absolute atomic E-state index is 0.0349. The highest BCUT2D eigenvalue weighted by molar-refractivity contribution is 7.17. The molecular weight excluding hydrogens is 236 g/mol. The lowest BCUT2D eigenvalue weighted by Crippen LogP contribution is -2.28. The van der Waals surface area contributed by atoms with Crippen LogP contribution in [0.25, 0.3) is 10.2 Å². The molecule has 0 aliphatic heterocycles. The van der Waals surface area contributed by atoms with Crippen molar-refractivity contribution in [2.24, 2.45) is 0 Å². The molecular formula is C12H16N2O2S. The van der Waals surface area contributed by atoms with Crippen LogP contribution >= 0.6 is 11.3 Å². The van der Waals surface area contributed by atoms with Gasteiger partial charge in [-0.25, -0.2) is 0 Å². The Morgan fingerprint density at radius 2 is 2.41 bits per heavy atom. The highest BCUT2D eigenvalue weighted by Crippen LogP contribution is 2.25. The number of methoxy groups -OCH3 is 1. The summed E-state index contributed by atoms with van der Waals surface area (Å²) >= 11 is 1.66. The topological polar surface area (TPSA) is 43.3 Å². The van der Waals surface area contributed by atoms with Crippen molar-refractivity contribution in [2.45, 2.75) is 13.5 Å². The van der Waals surface area contributed by atoms with Crippen LogP contribution in [0.3, 0.4) is 0 Å². The predicted octanol–water partition coefficient (Wildman–Crippen LogP) is 2.10. The van der Waals surface area contributed by atoms with E-state index in [0.29, 0.717) is 13.2 Å². The number of hydrogen-bond acceptors (Lipinski definition) is 3. The Labute approximate surface area is 104 Å². The zero-order chi connectivity index (χ0) is 12.3. The van der Waals surface area contributed by atoms with Gasteiger partial charge in [0.05, 0.1) is 16.8 Å². The van der Waals surface area contributed by atoms with Crippen molar-refractivity contribution in [3.8, 4) is 0 Å². The third-order valence-electron chi connectivity index (χ3n) is 2.66. The van der Waals surface area contributed by atoms with Crippen LogP contribution in [0.2, 0.25) is 0 Å². The maximum absolute atomic E-state index is 12.0. The molecule has 0 saturated carbocycles. The number of fused-ring (bicyclic) bond motifs is 1. The number of hydrogen-bond donors (Lipinski definition) is 1. The van der Waals surface area contributed by atoms with Crippen LogP contribution < -0.4 is 5.32 Å². The van der Waals surface area contributed by atoms with Crippen LogP contribution in [0, 0.1) is 0 Å². The van der Waals surface area contributed by atoms with Crippen LogP contribution in [-0.2, 0) is 11.3 Å². The molecule has 5 heteroatoms. The maximum Gasteiger partial charge on any atom is 0.268 e. The van der Waals surface area contributed by atoms with Crippen LogP contribution in [0.4, 0.5) is 0 Å². The molecule has 4 nitrogen and oxygen atoms in total. The Balaban J connectivity index is 2.21. The first kappa shape index (κ1) is 12.1. The quantitative estimate of drug-likeness (QED) is 0.828. The molecule has 0 fully saturated rings. The first-order chi connectivity index (χ1) is 8.27. The summed E-state index contributed by atoms with van der Waals surface area (Å²) in [5, 5.41) is 4.89. The van der Waals surface area contributed by atoms with Gasteiger partial charge in [-0.05, 0) is 24.4 Å². The van der Waals surface area contributed by atoms with Crippen LogP contribution in [0.1, 0.15) is 17.4 Å². The van der Waals surface area contributed by atoms with E-state index in [-0.39, 0.29) is 5.91 Å². The average Bonchev–Trinajstić information content (AvgIpc) is 2.88. The van der Waals surface area contributed by atoms with Gasteiger partial charge >= 0.3 is 0 Å². The highest BCUT2D eigenvalue weighted by Gasteiger charge is 2.14. The smallest absolute Gasteiger partial charge is 0.268 e. The van der Waals surface area contributed by atoms with E-state index in [4.69, 9.17) is 4.74 Å². The number of aromatic nitrogens is 1. The lowest BCUT2D eigenvalue weighted by molar-refractivity contribution is 0.0928. The summed E-state index contributed by atoms with van der Waals surface area (Å²) in [6.45, 7) is 3.92. The van der Waals surface area contributed by atoms with Gasteiger partial charge in [-0.3, -0.25) is 4.79 Å². The van der Waals surface area contributed by atoms with Gasteiger partial charge < -0.3 is 14.6 Å². The monoisotopic (exact) mass is 252 g/mol. The fourth-order valence-electron chi connectivity index (χ4n) is 1.86. The van der Waals surface area contributed by atoms with Gasteiger partial charge in [0.1, 0.15) is 5.69 Å². The standard InChI is InChI=1S/C12H16N2O2S/c1-3-14-9-4-7-17-11(9)8-10(14)12(15)13-5-6-16-2/h4,7-8H,3,5-6H2,1-2H3,(H,13,15). The fourth-order valence-corrected chi connectivity index (χ4v) is 2.69. The molecule has 2 rings (SSSR count). The minimum Gasteiger partial charge on any atom is -0.383 e. The number of amides is 1. The largest absolute Gasteiger partial charge is 0.383 e. The number of carbonyl (C=O) groups excluding carboxylic acids is 1. The molecule has 0 bridgehead atoms. The average molecular weight is 252 g/mol. The summed E-state index contributed by atoms with van der Waals surface area (Å²) in [6.07, 6.45) is 0. The third kappa shape index (κ3) is 2.35. The molecule has 1 N–H and O–H groups in total. The van der Waals surface area contributed by atoms with E-state index >= 15 is 0 Å². The van der Waals surface area contributed by atoms with Crippen molar-refractivity contribution in [2.75, 3.05) is 20.3 Å². The normalized spacial score (nSPS) is 10.9. The van der Waals surface area contributed by atoms with E-state index in [0.717, 1.165) is 22.5 Å². The minimum atomic E-state index is -0.0349. The Morgan fingerprint density at radius 3 is 3.12 bits per heavy atom. The molecule has 2 heterocycles. The van der Waals surface area contributed by atoms with Crippen LogP contribution in [0.5, 0.6) is 0 Å². The summed E-state index contributed by atoms with van der Waals surface area (Å²) in [5.74, 6) is -0.0349. The van der Waals surface area contributed by atoms with Crippen molar-refractivity contribution in [1.29, 1.82) is 0 Å². The van der Waals surface area contributed by atoms with E-state index in [1.54, 1.807) is 18.4 Å². The van der Waals surface area contributed by atoms with E-state index in [9.17, 15) is 4.79 Å². The maximum atomic E-state index is 12.0. The zero-order valence-corrected chi connectivity index (χ0v) is 10.8. The number of rotatable bonds is 5. The molecule has 0 radical (unpaired) electrons. The summed E-state index contributed by atoms with van der Waals surface area (Å²) in [4.78, 5) is 12.0. The molecule has 1 amide bonds. The van der Waals surface area contributed by atoms with Gasteiger partial charge in [0.2, 0.25) is 0 Å². The summed E-state index contributed by atoms with van der Waals surface area (Å²) in [7, 11) is 1.62. The van der Waals surface area contributed by atoms with Gasteiger partial charge in [-0.2, -0.15) is 0 Å². The molecule has 0 aliphatic carbocycles. The van der Waals surface area contributed by atoms with Crippen LogP contribution in [-0.4, -0.2) is 30.7 Å². The molecule has 0 unspecified atom stereocenters. The van der Waals surface area contributed by atoms with Crippen molar-refractivity contribution >= 4 is 27.5 Å². The van der Waals surface area contributed by atoms with Crippen LogP contribution in [0.15, 0.2) is 17.5 Å². The zero-order valence-electron chi connectivity index (χ0n) is 10.0. The molecule has 0 aliphatic rings. The van der Waals surface area contributed by atoms with Gasteiger partial charge in [-0.1, -0.05) is 0 Å². The van der Waals surface area contributed by atoms with Crippen molar-refractivity contribution in [3.63, 3.8) is 0 Å². The predicted molar refractivity (Wildman–Crippen MR) is 69.7 cm³/mol.